The summed E-state index contributed by atoms with van der Waals surface area (Å²) in [5, 5.41) is 12.4. The van der Waals surface area contributed by atoms with Crippen molar-refractivity contribution in [2.45, 2.75) is 32.2 Å². The van der Waals surface area contributed by atoms with E-state index in [9.17, 15) is 0 Å². The first kappa shape index (κ1) is 12.5. The van der Waals surface area contributed by atoms with E-state index in [0.717, 1.165) is 35.3 Å². The van der Waals surface area contributed by atoms with Crippen molar-refractivity contribution in [3.63, 3.8) is 0 Å². The number of aryl methyl sites for hydroxylation is 1. The van der Waals surface area contributed by atoms with Crippen molar-refractivity contribution in [3.8, 4) is 6.07 Å². The van der Waals surface area contributed by atoms with Gasteiger partial charge >= 0.3 is 0 Å². The molecule has 3 nitrogen and oxygen atoms in total. The molecule has 1 unspecified atom stereocenters. The maximum atomic E-state index is 8.92. The van der Waals surface area contributed by atoms with Crippen LogP contribution in [0.4, 0.5) is 5.69 Å². The quantitative estimate of drug-likeness (QED) is 0.899. The van der Waals surface area contributed by atoms with Gasteiger partial charge in [-0.1, -0.05) is 0 Å². The predicted molar refractivity (Wildman–Crippen MR) is 77.1 cm³/mol. The Bertz CT molecular complexity index is 499. The molecular formula is C16H21N3. The minimum absolute atomic E-state index is 0.770. The van der Waals surface area contributed by atoms with Crippen LogP contribution in [0.5, 0.6) is 0 Å². The molecule has 0 bridgehead atoms. The highest BCUT2D eigenvalue weighted by molar-refractivity contribution is 5.51. The van der Waals surface area contributed by atoms with Gasteiger partial charge < -0.3 is 10.2 Å². The highest BCUT2D eigenvalue weighted by atomic mass is 15.2. The summed E-state index contributed by atoms with van der Waals surface area (Å²) in [5.41, 5.74) is 2.96. The zero-order chi connectivity index (χ0) is 13.2. The number of hydrogen-bond acceptors (Lipinski definition) is 3. The van der Waals surface area contributed by atoms with Crippen LogP contribution >= 0.6 is 0 Å². The van der Waals surface area contributed by atoms with Gasteiger partial charge in [-0.05, 0) is 62.4 Å². The first-order chi connectivity index (χ1) is 9.26. The Morgan fingerprint density at radius 3 is 2.89 bits per heavy atom. The van der Waals surface area contributed by atoms with Gasteiger partial charge in [-0.25, -0.2) is 0 Å². The van der Waals surface area contributed by atoms with E-state index in [2.05, 4.69) is 22.4 Å². The molecule has 1 aromatic carbocycles. The minimum Gasteiger partial charge on any atom is -0.385 e. The monoisotopic (exact) mass is 255 g/mol. The lowest BCUT2D eigenvalue weighted by Crippen LogP contribution is -2.24. The minimum atomic E-state index is 0.770. The Balaban J connectivity index is 1.52. The standard InChI is InChI=1S/C16H21N3/c1-12-8-15(3-2-14(12)9-17)18-10-13-6-7-19(11-13)16-4-5-16/h2-3,8,13,16,18H,4-7,10-11H2,1H3. The number of rotatable bonds is 4. The molecule has 0 radical (unpaired) electrons. The van der Waals surface area contributed by atoms with Crippen LogP contribution < -0.4 is 5.32 Å². The summed E-state index contributed by atoms with van der Waals surface area (Å²) >= 11 is 0. The summed E-state index contributed by atoms with van der Waals surface area (Å²) in [6, 6.07) is 9.11. The fraction of sp³-hybridized carbons (Fsp3) is 0.562. The van der Waals surface area contributed by atoms with Gasteiger partial charge in [-0.3, -0.25) is 0 Å². The molecule has 0 spiro atoms. The van der Waals surface area contributed by atoms with E-state index in [1.165, 1.54) is 32.4 Å². The van der Waals surface area contributed by atoms with Crippen molar-refractivity contribution in [2.75, 3.05) is 25.0 Å². The van der Waals surface area contributed by atoms with Gasteiger partial charge in [0.2, 0.25) is 0 Å². The molecule has 2 aliphatic rings. The molecule has 3 rings (SSSR count). The molecule has 1 N–H and O–H groups in total. The van der Waals surface area contributed by atoms with Gasteiger partial charge in [0.1, 0.15) is 0 Å². The lowest BCUT2D eigenvalue weighted by atomic mass is 10.1. The number of benzene rings is 1. The molecule has 2 fully saturated rings. The third-order valence-electron chi connectivity index (χ3n) is 4.32. The van der Waals surface area contributed by atoms with Crippen molar-refractivity contribution >= 4 is 5.69 Å². The van der Waals surface area contributed by atoms with E-state index in [1.807, 2.05) is 19.1 Å². The van der Waals surface area contributed by atoms with Crippen LogP contribution in [0.25, 0.3) is 0 Å². The smallest absolute Gasteiger partial charge is 0.0994 e. The SMILES string of the molecule is Cc1cc(NCC2CCN(C3CC3)C2)ccc1C#N. The highest BCUT2D eigenvalue weighted by Crippen LogP contribution is 2.31. The van der Waals surface area contributed by atoms with E-state index in [-0.39, 0.29) is 0 Å². The van der Waals surface area contributed by atoms with Gasteiger partial charge in [-0.2, -0.15) is 5.26 Å². The van der Waals surface area contributed by atoms with Crippen LogP contribution in [0, 0.1) is 24.2 Å². The number of nitrogens with zero attached hydrogens (tertiary/aromatic N) is 2. The van der Waals surface area contributed by atoms with Crippen LogP contribution in [0.2, 0.25) is 0 Å². The lowest BCUT2D eigenvalue weighted by Gasteiger charge is -2.16. The summed E-state index contributed by atoms with van der Waals surface area (Å²) in [4.78, 5) is 2.65. The van der Waals surface area contributed by atoms with Crippen LogP contribution in [-0.2, 0) is 0 Å². The summed E-state index contributed by atoms with van der Waals surface area (Å²) in [6.45, 7) is 5.58. The third-order valence-corrected chi connectivity index (χ3v) is 4.32. The molecule has 100 valence electrons. The summed E-state index contributed by atoms with van der Waals surface area (Å²) in [7, 11) is 0. The Morgan fingerprint density at radius 2 is 2.21 bits per heavy atom. The molecule has 1 atom stereocenters. The topological polar surface area (TPSA) is 39.1 Å². The van der Waals surface area contributed by atoms with Crippen molar-refractivity contribution in [3.05, 3.63) is 29.3 Å². The van der Waals surface area contributed by atoms with Crippen molar-refractivity contribution in [1.29, 1.82) is 5.26 Å². The fourth-order valence-electron chi connectivity index (χ4n) is 2.96. The van der Waals surface area contributed by atoms with Crippen LogP contribution in [0.1, 0.15) is 30.4 Å². The Labute approximate surface area is 115 Å². The van der Waals surface area contributed by atoms with Crippen LogP contribution in [0.3, 0.4) is 0 Å². The summed E-state index contributed by atoms with van der Waals surface area (Å²) < 4.78 is 0. The number of nitrogens with one attached hydrogen (secondary N) is 1. The zero-order valence-corrected chi connectivity index (χ0v) is 11.5. The van der Waals surface area contributed by atoms with Gasteiger partial charge in [0, 0.05) is 24.8 Å². The van der Waals surface area contributed by atoms with E-state index in [4.69, 9.17) is 5.26 Å². The number of anilines is 1. The second-order valence-corrected chi connectivity index (χ2v) is 5.90. The van der Waals surface area contributed by atoms with Gasteiger partial charge in [-0.15, -0.1) is 0 Å². The van der Waals surface area contributed by atoms with Crippen molar-refractivity contribution in [1.82, 2.24) is 4.90 Å². The molecular weight excluding hydrogens is 234 g/mol. The molecule has 0 amide bonds. The van der Waals surface area contributed by atoms with Gasteiger partial charge in [0.15, 0.2) is 0 Å². The maximum absolute atomic E-state index is 8.92. The van der Waals surface area contributed by atoms with Crippen molar-refractivity contribution in [2.24, 2.45) is 5.92 Å². The summed E-state index contributed by atoms with van der Waals surface area (Å²) in [5.74, 6) is 0.775. The van der Waals surface area contributed by atoms with E-state index in [0.29, 0.717) is 0 Å². The Kier molecular flexibility index (Phi) is 3.44. The van der Waals surface area contributed by atoms with E-state index >= 15 is 0 Å². The Hall–Kier alpha value is -1.53. The van der Waals surface area contributed by atoms with E-state index in [1.54, 1.807) is 0 Å². The van der Waals surface area contributed by atoms with Crippen LogP contribution in [0.15, 0.2) is 18.2 Å². The lowest BCUT2D eigenvalue weighted by molar-refractivity contribution is 0.316. The first-order valence-electron chi connectivity index (χ1n) is 7.25. The Morgan fingerprint density at radius 1 is 1.37 bits per heavy atom. The first-order valence-corrected chi connectivity index (χ1v) is 7.25. The average Bonchev–Trinajstić information content (AvgIpc) is 3.16. The normalized spacial score (nSPS) is 23.3. The van der Waals surface area contributed by atoms with E-state index < -0.39 is 0 Å². The molecule has 1 saturated heterocycles. The highest BCUT2D eigenvalue weighted by Gasteiger charge is 2.34. The molecule has 3 heteroatoms. The number of nitriles is 1. The largest absolute Gasteiger partial charge is 0.385 e. The third kappa shape index (κ3) is 2.90. The second-order valence-electron chi connectivity index (χ2n) is 5.90. The maximum Gasteiger partial charge on any atom is 0.0994 e. The molecule has 1 aliphatic heterocycles. The molecule has 0 aromatic heterocycles. The molecule has 19 heavy (non-hydrogen) atoms. The number of hydrogen-bond donors (Lipinski definition) is 1. The second kappa shape index (κ2) is 5.22. The molecule has 1 heterocycles. The zero-order valence-electron chi connectivity index (χ0n) is 11.5. The molecule has 1 saturated carbocycles. The van der Waals surface area contributed by atoms with Crippen LogP contribution in [-0.4, -0.2) is 30.6 Å². The average molecular weight is 255 g/mol. The molecule has 1 aromatic rings. The number of likely N-dealkylation sites (tertiary alicyclic amines) is 1. The van der Waals surface area contributed by atoms with Gasteiger partial charge in [0.25, 0.3) is 0 Å². The predicted octanol–water partition coefficient (Wildman–Crippen LogP) is 2.76. The summed E-state index contributed by atoms with van der Waals surface area (Å²) in [6.07, 6.45) is 4.14. The fourth-order valence-corrected chi connectivity index (χ4v) is 2.96. The molecule has 1 aliphatic carbocycles. The van der Waals surface area contributed by atoms with Gasteiger partial charge in [0.05, 0.1) is 11.6 Å². The van der Waals surface area contributed by atoms with Crippen molar-refractivity contribution < 1.29 is 0 Å².